The minimum absolute atomic E-state index is 0.103. The van der Waals surface area contributed by atoms with Gasteiger partial charge in [-0.25, -0.2) is 9.59 Å². The van der Waals surface area contributed by atoms with Gasteiger partial charge in [0.2, 0.25) is 0 Å². The van der Waals surface area contributed by atoms with Crippen LogP contribution in [-0.2, 0) is 15.0 Å². The summed E-state index contributed by atoms with van der Waals surface area (Å²) in [5.41, 5.74) is 1.35. The zero-order valence-corrected chi connectivity index (χ0v) is 14.4. The van der Waals surface area contributed by atoms with Gasteiger partial charge in [0, 0.05) is 6.54 Å². The number of aliphatic hydroxyl groups excluding tert-OH is 1. The molecule has 136 valence electrons. The maximum absolute atomic E-state index is 9.10. The SMILES string of the molecule is CC(C)(C)c1ccccc1OCCCNCCO.O=C(O)C(=O)O. The molecular weight excluding hydrogens is 314 g/mol. The van der Waals surface area contributed by atoms with E-state index in [0.717, 1.165) is 18.7 Å². The van der Waals surface area contributed by atoms with Gasteiger partial charge in [-0.2, -0.15) is 0 Å². The maximum atomic E-state index is 9.10. The fourth-order valence-electron chi connectivity index (χ4n) is 1.80. The zero-order chi connectivity index (χ0) is 18.6. The predicted molar refractivity (Wildman–Crippen MR) is 90.5 cm³/mol. The van der Waals surface area contributed by atoms with Crippen LogP contribution in [0.25, 0.3) is 0 Å². The van der Waals surface area contributed by atoms with E-state index in [1.165, 1.54) is 5.56 Å². The van der Waals surface area contributed by atoms with E-state index in [-0.39, 0.29) is 12.0 Å². The van der Waals surface area contributed by atoms with Gasteiger partial charge in [0.15, 0.2) is 0 Å². The van der Waals surface area contributed by atoms with Crippen molar-refractivity contribution in [3.05, 3.63) is 29.8 Å². The minimum Gasteiger partial charge on any atom is -0.493 e. The predicted octanol–water partition coefficient (Wildman–Crippen LogP) is 1.49. The molecule has 1 aromatic carbocycles. The summed E-state index contributed by atoms with van der Waals surface area (Å²) < 4.78 is 5.84. The normalized spacial score (nSPS) is 10.5. The Morgan fingerprint density at radius 1 is 1.08 bits per heavy atom. The highest BCUT2D eigenvalue weighted by Crippen LogP contribution is 2.30. The molecule has 1 rings (SSSR count). The topological polar surface area (TPSA) is 116 Å². The summed E-state index contributed by atoms with van der Waals surface area (Å²) in [7, 11) is 0. The van der Waals surface area contributed by atoms with Gasteiger partial charge in [-0.15, -0.1) is 0 Å². The third-order valence-electron chi connectivity index (χ3n) is 2.92. The van der Waals surface area contributed by atoms with Crippen LogP contribution in [0.2, 0.25) is 0 Å². The Bertz CT molecular complexity index is 498. The molecule has 0 unspecified atom stereocenters. The molecule has 4 N–H and O–H groups in total. The molecule has 0 aliphatic heterocycles. The van der Waals surface area contributed by atoms with Crippen molar-refractivity contribution >= 4 is 11.9 Å². The monoisotopic (exact) mass is 341 g/mol. The number of carbonyl (C=O) groups is 2. The van der Waals surface area contributed by atoms with E-state index < -0.39 is 11.9 Å². The second-order valence-corrected chi connectivity index (χ2v) is 6.03. The Labute approximate surface area is 142 Å². The first kappa shape index (κ1) is 21.9. The number of ether oxygens (including phenoxy) is 1. The van der Waals surface area contributed by atoms with Gasteiger partial charge < -0.3 is 25.4 Å². The Kier molecular flexibility index (Phi) is 10.4. The number of hydrogen-bond donors (Lipinski definition) is 4. The first-order valence-corrected chi connectivity index (χ1v) is 7.70. The van der Waals surface area contributed by atoms with Crippen LogP contribution in [-0.4, -0.2) is 53.6 Å². The lowest BCUT2D eigenvalue weighted by atomic mass is 9.86. The third kappa shape index (κ3) is 9.81. The lowest BCUT2D eigenvalue weighted by Gasteiger charge is -2.22. The summed E-state index contributed by atoms with van der Waals surface area (Å²) in [6, 6.07) is 8.21. The van der Waals surface area contributed by atoms with Crippen LogP contribution in [0.15, 0.2) is 24.3 Å². The third-order valence-corrected chi connectivity index (χ3v) is 2.92. The average molecular weight is 341 g/mol. The number of aliphatic hydroxyl groups is 1. The number of aliphatic carboxylic acids is 2. The molecule has 0 saturated carbocycles. The van der Waals surface area contributed by atoms with Gasteiger partial charge in [-0.1, -0.05) is 39.0 Å². The van der Waals surface area contributed by atoms with Crippen molar-refractivity contribution in [3.8, 4) is 5.75 Å². The van der Waals surface area contributed by atoms with Gasteiger partial charge >= 0.3 is 11.9 Å². The number of para-hydroxylation sites is 1. The van der Waals surface area contributed by atoms with E-state index in [0.29, 0.717) is 13.2 Å². The maximum Gasteiger partial charge on any atom is 0.414 e. The van der Waals surface area contributed by atoms with Gasteiger partial charge in [0.05, 0.1) is 13.2 Å². The van der Waals surface area contributed by atoms with Crippen LogP contribution in [0.3, 0.4) is 0 Å². The quantitative estimate of drug-likeness (QED) is 0.438. The summed E-state index contributed by atoms with van der Waals surface area (Å²) in [5.74, 6) is -2.67. The van der Waals surface area contributed by atoms with E-state index in [9.17, 15) is 0 Å². The highest BCUT2D eigenvalue weighted by atomic mass is 16.5. The average Bonchev–Trinajstić information content (AvgIpc) is 2.50. The molecule has 0 bridgehead atoms. The van der Waals surface area contributed by atoms with Crippen LogP contribution in [0, 0.1) is 0 Å². The van der Waals surface area contributed by atoms with Crippen molar-refractivity contribution in [2.75, 3.05) is 26.3 Å². The number of nitrogens with one attached hydrogen (secondary N) is 1. The molecule has 24 heavy (non-hydrogen) atoms. The first-order chi connectivity index (χ1) is 11.2. The largest absolute Gasteiger partial charge is 0.493 e. The van der Waals surface area contributed by atoms with Crippen molar-refractivity contribution in [2.24, 2.45) is 0 Å². The number of hydrogen-bond acceptors (Lipinski definition) is 5. The van der Waals surface area contributed by atoms with E-state index >= 15 is 0 Å². The van der Waals surface area contributed by atoms with Crippen LogP contribution < -0.4 is 10.1 Å². The van der Waals surface area contributed by atoms with E-state index in [2.05, 4.69) is 38.2 Å². The number of carboxylic acid groups (broad SMARTS) is 2. The van der Waals surface area contributed by atoms with Gasteiger partial charge in [0.25, 0.3) is 0 Å². The first-order valence-electron chi connectivity index (χ1n) is 7.70. The second kappa shape index (κ2) is 11.4. The standard InChI is InChI=1S/C15H25NO2.C2H2O4/c1-15(2,3)13-7-4-5-8-14(13)18-12-6-9-16-10-11-17;3-1(4)2(5)6/h4-5,7-8,16-17H,6,9-12H2,1-3H3;(H,3,4)(H,5,6). The molecule has 0 radical (unpaired) electrons. The molecule has 0 amide bonds. The smallest absolute Gasteiger partial charge is 0.414 e. The Morgan fingerprint density at radius 3 is 2.17 bits per heavy atom. The molecule has 0 spiro atoms. The molecule has 0 heterocycles. The molecule has 1 aromatic rings. The van der Waals surface area contributed by atoms with Crippen LogP contribution in [0.5, 0.6) is 5.75 Å². The van der Waals surface area contributed by atoms with Crippen molar-refractivity contribution in [1.82, 2.24) is 5.32 Å². The van der Waals surface area contributed by atoms with Crippen LogP contribution >= 0.6 is 0 Å². The number of benzene rings is 1. The molecule has 0 fully saturated rings. The van der Waals surface area contributed by atoms with E-state index in [4.69, 9.17) is 29.6 Å². The summed E-state index contributed by atoms with van der Waals surface area (Å²) in [4.78, 5) is 18.2. The Balaban J connectivity index is 0.000000754. The van der Waals surface area contributed by atoms with Crippen LogP contribution in [0.4, 0.5) is 0 Å². The fraction of sp³-hybridized carbons (Fsp3) is 0.529. The Morgan fingerprint density at radius 2 is 1.67 bits per heavy atom. The zero-order valence-electron chi connectivity index (χ0n) is 14.4. The molecular formula is C17H27NO6. The molecule has 7 nitrogen and oxygen atoms in total. The van der Waals surface area contributed by atoms with Crippen molar-refractivity contribution < 1.29 is 29.6 Å². The molecule has 0 aliphatic carbocycles. The molecule has 7 heteroatoms. The van der Waals surface area contributed by atoms with Gasteiger partial charge in [-0.3, -0.25) is 0 Å². The lowest BCUT2D eigenvalue weighted by Crippen LogP contribution is -2.21. The van der Waals surface area contributed by atoms with Crippen molar-refractivity contribution in [2.45, 2.75) is 32.6 Å². The molecule has 0 atom stereocenters. The number of rotatable bonds is 7. The minimum atomic E-state index is -1.82. The molecule has 0 saturated heterocycles. The van der Waals surface area contributed by atoms with Crippen LogP contribution in [0.1, 0.15) is 32.8 Å². The Hall–Kier alpha value is -2.12. The summed E-state index contributed by atoms with van der Waals surface area (Å²) >= 11 is 0. The van der Waals surface area contributed by atoms with Crippen molar-refractivity contribution in [3.63, 3.8) is 0 Å². The highest BCUT2D eigenvalue weighted by molar-refractivity contribution is 6.27. The molecule has 0 aromatic heterocycles. The number of carboxylic acids is 2. The summed E-state index contributed by atoms with van der Waals surface area (Å²) in [5, 5.41) is 26.6. The highest BCUT2D eigenvalue weighted by Gasteiger charge is 2.18. The second-order valence-electron chi connectivity index (χ2n) is 6.03. The summed E-state index contributed by atoms with van der Waals surface area (Å²) in [6.45, 7) is 8.99. The summed E-state index contributed by atoms with van der Waals surface area (Å²) in [6.07, 6.45) is 0.943. The molecule has 0 aliphatic rings. The fourth-order valence-corrected chi connectivity index (χ4v) is 1.80. The van der Waals surface area contributed by atoms with Gasteiger partial charge in [0.1, 0.15) is 5.75 Å². The lowest BCUT2D eigenvalue weighted by molar-refractivity contribution is -0.159. The van der Waals surface area contributed by atoms with E-state index in [1.54, 1.807) is 0 Å². The van der Waals surface area contributed by atoms with E-state index in [1.807, 2.05) is 12.1 Å². The van der Waals surface area contributed by atoms with Crippen molar-refractivity contribution in [1.29, 1.82) is 0 Å². The van der Waals surface area contributed by atoms with Gasteiger partial charge in [-0.05, 0) is 30.0 Å².